The van der Waals surface area contributed by atoms with Gasteiger partial charge >= 0.3 is 0 Å². The van der Waals surface area contributed by atoms with E-state index in [0.29, 0.717) is 0 Å². The molecule has 0 aliphatic heterocycles. The van der Waals surface area contributed by atoms with Crippen molar-refractivity contribution < 1.29 is 19.3 Å². The quantitative estimate of drug-likeness (QED) is 0.844. The zero-order valence-electron chi connectivity index (χ0n) is 8.42. The van der Waals surface area contributed by atoms with Gasteiger partial charge in [0.05, 0.1) is 12.1 Å². The number of aromatic hydroxyl groups is 1. The molecule has 0 radical (unpaired) electrons. The van der Waals surface area contributed by atoms with Crippen molar-refractivity contribution in [3.8, 4) is 11.5 Å². The number of phenols is 1. The molecule has 0 aliphatic rings. The molecule has 1 atom stereocenters. The van der Waals surface area contributed by atoms with Gasteiger partial charge in [-0.1, -0.05) is 18.5 Å². The minimum Gasteiger partial charge on any atom is -0.505 e. The highest BCUT2D eigenvalue weighted by Crippen LogP contribution is 2.39. The molecule has 2 N–H and O–H groups in total. The van der Waals surface area contributed by atoms with Crippen LogP contribution in [0, 0.1) is 5.82 Å². The van der Waals surface area contributed by atoms with Crippen LogP contribution in [-0.2, 0) is 0 Å². The first kappa shape index (κ1) is 12.1. The molecule has 0 saturated heterocycles. The fourth-order valence-electron chi connectivity index (χ4n) is 1.27. The molecule has 0 aliphatic carbocycles. The van der Waals surface area contributed by atoms with Crippen molar-refractivity contribution in [2.75, 3.05) is 13.7 Å². The highest BCUT2D eigenvalue weighted by Gasteiger charge is 2.20. The number of hydrogen-bond donors (Lipinski definition) is 2. The summed E-state index contributed by atoms with van der Waals surface area (Å²) in [5.74, 6) is -2.01. The molecule has 1 aromatic rings. The van der Waals surface area contributed by atoms with E-state index in [-0.39, 0.29) is 28.9 Å². The van der Waals surface area contributed by atoms with Crippen molar-refractivity contribution in [1.29, 1.82) is 0 Å². The highest BCUT2D eigenvalue weighted by molar-refractivity contribution is 6.32. The van der Waals surface area contributed by atoms with Crippen LogP contribution in [0.5, 0.6) is 11.5 Å². The number of benzene rings is 1. The smallest absolute Gasteiger partial charge is 0.208 e. The second kappa shape index (κ2) is 4.68. The minimum absolute atomic E-state index is 0.0723. The predicted molar refractivity (Wildman–Crippen MR) is 55.1 cm³/mol. The lowest BCUT2D eigenvalue weighted by molar-refractivity contribution is 0.268. The topological polar surface area (TPSA) is 49.7 Å². The van der Waals surface area contributed by atoms with Crippen molar-refractivity contribution in [1.82, 2.24) is 0 Å². The van der Waals surface area contributed by atoms with E-state index in [1.165, 1.54) is 13.2 Å². The largest absolute Gasteiger partial charge is 0.505 e. The van der Waals surface area contributed by atoms with Crippen LogP contribution in [-0.4, -0.2) is 23.9 Å². The average molecular weight is 235 g/mol. The molecular weight excluding hydrogens is 223 g/mol. The van der Waals surface area contributed by atoms with Crippen LogP contribution in [0.4, 0.5) is 4.39 Å². The highest BCUT2D eigenvalue weighted by atomic mass is 35.5. The Morgan fingerprint density at radius 1 is 1.60 bits per heavy atom. The van der Waals surface area contributed by atoms with Crippen molar-refractivity contribution in [2.45, 2.75) is 12.8 Å². The molecule has 1 unspecified atom stereocenters. The number of ether oxygens (including phenoxy) is 1. The maximum absolute atomic E-state index is 13.5. The second-order valence-corrected chi connectivity index (χ2v) is 3.63. The van der Waals surface area contributed by atoms with Crippen LogP contribution in [0.15, 0.2) is 6.07 Å². The monoisotopic (exact) mass is 234 g/mol. The number of aliphatic hydroxyl groups is 1. The number of methoxy groups -OCH3 is 1. The van der Waals surface area contributed by atoms with E-state index in [4.69, 9.17) is 21.4 Å². The van der Waals surface area contributed by atoms with Crippen molar-refractivity contribution in [2.24, 2.45) is 0 Å². The van der Waals surface area contributed by atoms with Crippen LogP contribution >= 0.6 is 11.6 Å². The molecule has 15 heavy (non-hydrogen) atoms. The lowest BCUT2D eigenvalue weighted by Crippen LogP contribution is -2.02. The van der Waals surface area contributed by atoms with Gasteiger partial charge in [-0.2, -0.15) is 4.39 Å². The lowest BCUT2D eigenvalue weighted by Gasteiger charge is -2.14. The first-order chi connectivity index (χ1) is 7.02. The summed E-state index contributed by atoms with van der Waals surface area (Å²) in [6.45, 7) is 1.45. The summed E-state index contributed by atoms with van der Waals surface area (Å²) < 4.78 is 18.2. The van der Waals surface area contributed by atoms with Crippen LogP contribution < -0.4 is 4.74 Å². The fourth-order valence-corrected chi connectivity index (χ4v) is 1.55. The first-order valence-electron chi connectivity index (χ1n) is 4.38. The predicted octanol–water partition coefficient (Wildman–Crippen LogP) is 2.29. The summed E-state index contributed by atoms with van der Waals surface area (Å²) in [7, 11) is 1.26. The average Bonchev–Trinajstić information content (AvgIpc) is 2.23. The Morgan fingerprint density at radius 2 is 2.20 bits per heavy atom. The maximum Gasteiger partial charge on any atom is 0.208 e. The summed E-state index contributed by atoms with van der Waals surface area (Å²) in [5.41, 5.74) is 0.265. The third kappa shape index (κ3) is 2.16. The van der Waals surface area contributed by atoms with Crippen LogP contribution in [0.2, 0.25) is 5.02 Å². The summed E-state index contributed by atoms with van der Waals surface area (Å²) >= 11 is 5.75. The van der Waals surface area contributed by atoms with Gasteiger partial charge in [-0.3, -0.25) is 0 Å². The van der Waals surface area contributed by atoms with Gasteiger partial charge in [0, 0.05) is 18.1 Å². The molecular formula is C10H12ClFO3. The summed E-state index contributed by atoms with van der Waals surface area (Å²) in [5, 5.41) is 18.5. The van der Waals surface area contributed by atoms with Crippen molar-refractivity contribution >= 4 is 11.6 Å². The van der Waals surface area contributed by atoms with Gasteiger partial charge in [-0.25, -0.2) is 0 Å². The number of hydrogen-bond acceptors (Lipinski definition) is 3. The summed E-state index contributed by atoms with van der Waals surface area (Å²) in [6.07, 6.45) is 0. The Bertz CT molecular complexity index is 368. The van der Waals surface area contributed by atoms with E-state index < -0.39 is 11.6 Å². The van der Waals surface area contributed by atoms with E-state index in [9.17, 15) is 9.50 Å². The molecule has 84 valence electrons. The molecule has 1 aromatic carbocycles. The molecule has 0 amide bonds. The molecule has 3 nitrogen and oxygen atoms in total. The lowest BCUT2D eigenvalue weighted by atomic mass is 10.0. The van der Waals surface area contributed by atoms with Gasteiger partial charge in [0.25, 0.3) is 0 Å². The SMILES string of the molecule is COc1c(Cl)cc(C(C)CO)c(O)c1F. The third-order valence-electron chi connectivity index (χ3n) is 2.19. The van der Waals surface area contributed by atoms with E-state index in [1.54, 1.807) is 6.92 Å². The van der Waals surface area contributed by atoms with Gasteiger partial charge in [0.15, 0.2) is 11.5 Å². The van der Waals surface area contributed by atoms with Gasteiger partial charge in [0.2, 0.25) is 5.82 Å². The minimum atomic E-state index is -0.903. The van der Waals surface area contributed by atoms with E-state index >= 15 is 0 Å². The van der Waals surface area contributed by atoms with Gasteiger partial charge in [-0.15, -0.1) is 0 Å². The normalized spacial score (nSPS) is 12.6. The Kier molecular flexibility index (Phi) is 3.77. The Hall–Kier alpha value is -1.00. The number of halogens is 2. The zero-order chi connectivity index (χ0) is 11.6. The van der Waals surface area contributed by atoms with Crippen LogP contribution in [0.1, 0.15) is 18.4 Å². The van der Waals surface area contributed by atoms with E-state index in [2.05, 4.69) is 0 Å². The van der Waals surface area contributed by atoms with Crippen molar-refractivity contribution in [3.05, 3.63) is 22.5 Å². The number of phenolic OH excluding ortho intramolecular Hbond substituents is 1. The summed E-state index contributed by atoms with van der Waals surface area (Å²) in [6, 6.07) is 1.39. The Balaban J connectivity index is 3.33. The second-order valence-electron chi connectivity index (χ2n) is 3.23. The van der Waals surface area contributed by atoms with E-state index in [1.807, 2.05) is 0 Å². The third-order valence-corrected chi connectivity index (χ3v) is 2.47. The first-order valence-corrected chi connectivity index (χ1v) is 4.76. The molecule has 0 aromatic heterocycles. The zero-order valence-corrected chi connectivity index (χ0v) is 9.18. The molecule has 5 heteroatoms. The molecule has 0 heterocycles. The van der Waals surface area contributed by atoms with E-state index in [0.717, 1.165) is 0 Å². The van der Waals surface area contributed by atoms with Crippen LogP contribution in [0.25, 0.3) is 0 Å². The van der Waals surface area contributed by atoms with Gasteiger partial charge in [0.1, 0.15) is 0 Å². The maximum atomic E-state index is 13.5. The number of rotatable bonds is 3. The van der Waals surface area contributed by atoms with Gasteiger partial charge < -0.3 is 14.9 Å². The number of aliphatic hydroxyl groups excluding tert-OH is 1. The van der Waals surface area contributed by atoms with Gasteiger partial charge in [-0.05, 0) is 6.07 Å². The fraction of sp³-hybridized carbons (Fsp3) is 0.400. The Labute approximate surface area is 92.1 Å². The summed E-state index contributed by atoms with van der Waals surface area (Å²) in [4.78, 5) is 0. The molecule has 0 bridgehead atoms. The Morgan fingerprint density at radius 3 is 2.67 bits per heavy atom. The molecule has 0 saturated carbocycles. The van der Waals surface area contributed by atoms with Crippen LogP contribution in [0.3, 0.4) is 0 Å². The molecule has 0 fully saturated rings. The molecule has 0 spiro atoms. The van der Waals surface area contributed by atoms with Crippen molar-refractivity contribution in [3.63, 3.8) is 0 Å². The standard InChI is InChI=1S/C10H12ClFO3/c1-5(4-13)6-3-7(11)10(15-2)8(12)9(6)14/h3,5,13-14H,4H2,1-2H3. The molecule has 1 rings (SSSR count).